The number of hydrogen-bond acceptors (Lipinski definition) is 3. The second-order valence-electron chi connectivity index (χ2n) is 7.84. The summed E-state index contributed by atoms with van der Waals surface area (Å²) >= 11 is 0. The van der Waals surface area contributed by atoms with Gasteiger partial charge in [0.15, 0.2) is 0 Å². The van der Waals surface area contributed by atoms with Gasteiger partial charge in [0.25, 0.3) is 15.9 Å². The standard InChI is InChI=1S/C22H28N2O3S/c1-12-7-8-18(22(25)23-19-9-10-19)11-20(12)24-28(26,27)21-16(5)14(3)13(2)15(4)17(21)6/h7-8,11,19,24H,9-10H2,1-6H3,(H,23,25). The van der Waals surface area contributed by atoms with E-state index in [1.165, 1.54) is 0 Å². The summed E-state index contributed by atoms with van der Waals surface area (Å²) in [5.41, 5.74) is 6.25. The maximum atomic E-state index is 13.3. The molecule has 0 bridgehead atoms. The van der Waals surface area contributed by atoms with Crippen LogP contribution in [0.1, 0.15) is 56.6 Å². The first-order chi connectivity index (χ1) is 13.0. The predicted molar refractivity (Wildman–Crippen MR) is 113 cm³/mol. The van der Waals surface area contributed by atoms with Crippen LogP contribution in [0.3, 0.4) is 0 Å². The van der Waals surface area contributed by atoms with Crippen molar-refractivity contribution in [1.29, 1.82) is 0 Å². The SMILES string of the molecule is Cc1ccc(C(=O)NC2CC2)cc1NS(=O)(=O)c1c(C)c(C)c(C)c(C)c1C. The molecular weight excluding hydrogens is 372 g/mol. The molecule has 2 aromatic rings. The van der Waals surface area contributed by atoms with Gasteiger partial charge in [-0.25, -0.2) is 8.42 Å². The molecule has 2 N–H and O–H groups in total. The Morgan fingerprint density at radius 2 is 1.43 bits per heavy atom. The molecule has 0 spiro atoms. The van der Waals surface area contributed by atoms with Gasteiger partial charge in [-0.1, -0.05) is 6.07 Å². The lowest BCUT2D eigenvalue weighted by molar-refractivity contribution is 0.0951. The number of carbonyl (C=O) groups is 1. The Hall–Kier alpha value is -2.34. The molecule has 0 saturated heterocycles. The number of carbonyl (C=O) groups excluding carboxylic acids is 1. The maximum Gasteiger partial charge on any atom is 0.262 e. The Morgan fingerprint density at radius 1 is 0.893 bits per heavy atom. The number of aryl methyl sites for hydroxylation is 1. The van der Waals surface area contributed by atoms with Crippen LogP contribution in [0.2, 0.25) is 0 Å². The van der Waals surface area contributed by atoms with Crippen molar-refractivity contribution >= 4 is 21.6 Å². The van der Waals surface area contributed by atoms with Crippen LogP contribution in [0.4, 0.5) is 5.69 Å². The zero-order chi connectivity index (χ0) is 20.8. The van der Waals surface area contributed by atoms with Gasteiger partial charge in [0.1, 0.15) is 0 Å². The molecule has 5 nitrogen and oxygen atoms in total. The van der Waals surface area contributed by atoms with E-state index in [1.807, 2.05) is 41.5 Å². The van der Waals surface area contributed by atoms with E-state index in [2.05, 4.69) is 10.0 Å². The summed E-state index contributed by atoms with van der Waals surface area (Å²) in [6.45, 7) is 11.4. The third kappa shape index (κ3) is 3.78. The highest BCUT2D eigenvalue weighted by Gasteiger charge is 2.26. The van der Waals surface area contributed by atoms with Gasteiger partial charge in [-0.15, -0.1) is 0 Å². The summed E-state index contributed by atoms with van der Waals surface area (Å²) in [7, 11) is -3.79. The van der Waals surface area contributed by atoms with E-state index in [9.17, 15) is 13.2 Å². The zero-order valence-electron chi connectivity index (χ0n) is 17.4. The van der Waals surface area contributed by atoms with E-state index in [1.54, 1.807) is 18.2 Å². The third-order valence-electron chi connectivity index (χ3n) is 5.86. The van der Waals surface area contributed by atoms with Crippen LogP contribution in [-0.2, 0) is 10.0 Å². The second kappa shape index (κ2) is 7.24. The molecule has 0 atom stereocenters. The van der Waals surface area contributed by atoms with Crippen LogP contribution in [-0.4, -0.2) is 20.4 Å². The van der Waals surface area contributed by atoms with Crippen LogP contribution >= 0.6 is 0 Å². The van der Waals surface area contributed by atoms with E-state index in [0.717, 1.165) is 46.2 Å². The van der Waals surface area contributed by atoms with Gasteiger partial charge in [0.05, 0.1) is 10.6 Å². The first kappa shape index (κ1) is 20.4. The lowest BCUT2D eigenvalue weighted by Crippen LogP contribution is -2.25. The second-order valence-corrected chi connectivity index (χ2v) is 9.46. The highest BCUT2D eigenvalue weighted by atomic mass is 32.2. The molecule has 0 unspecified atom stereocenters. The number of benzene rings is 2. The van der Waals surface area contributed by atoms with Crippen molar-refractivity contribution < 1.29 is 13.2 Å². The van der Waals surface area contributed by atoms with Gasteiger partial charge in [0, 0.05) is 11.6 Å². The third-order valence-corrected chi connectivity index (χ3v) is 7.50. The summed E-state index contributed by atoms with van der Waals surface area (Å²) in [5, 5.41) is 2.93. The van der Waals surface area contributed by atoms with E-state index in [-0.39, 0.29) is 11.9 Å². The first-order valence-electron chi connectivity index (χ1n) is 9.54. The maximum absolute atomic E-state index is 13.3. The average molecular weight is 401 g/mol. The number of anilines is 1. The fourth-order valence-corrected chi connectivity index (χ4v) is 5.16. The number of sulfonamides is 1. The average Bonchev–Trinajstić information content (AvgIpc) is 3.43. The molecule has 3 rings (SSSR count). The van der Waals surface area contributed by atoms with Crippen molar-refractivity contribution in [1.82, 2.24) is 5.32 Å². The summed E-state index contributed by atoms with van der Waals surface area (Å²) in [4.78, 5) is 12.7. The number of amides is 1. The van der Waals surface area contributed by atoms with Crippen LogP contribution in [0, 0.1) is 41.5 Å². The fraction of sp³-hybridized carbons (Fsp3) is 0.409. The molecule has 1 aliphatic carbocycles. The Balaban J connectivity index is 2.00. The lowest BCUT2D eigenvalue weighted by atomic mass is 9.95. The van der Waals surface area contributed by atoms with Gasteiger partial charge < -0.3 is 5.32 Å². The fourth-order valence-electron chi connectivity index (χ4n) is 3.43. The molecule has 0 heterocycles. The van der Waals surface area contributed by atoms with Crippen molar-refractivity contribution in [3.63, 3.8) is 0 Å². The van der Waals surface area contributed by atoms with Gasteiger partial charge >= 0.3 is 0 Å². The van der Waals surface area contributed by atoms with Crippen molar-refractivity contribution in [2.45, 2.75) is 65.3 Å². The summed E-state index contributed by atoms with van der Waals surface area (Å²) in [6.07, 6.45) is 2.00. The highest BCUT2D eigenvalue weighted by Crippen LogP contribution is 2.31. The molecule has 1 amide bonds. The van der Waals surface area contributed by atoms with Gasteiger partial charge in [0.2, 0.25) is 0 Å². The molecular formula is C22H28N2O3S. The quantitative estimate of drug-likeness (QED) is 0.789. The van der Waals surface area contributed by atoms with Crippen LogP contribution in [0.15, 0.2) is 23.1 Å². The van der Waals surface area contributed by atoms with E-state index in [4.69, 9.17) is 0 Å². The molecule has 6 heteroatoms. The Morgan fingerprint density at radius 3 is 1.96 bits per heavy atom. The smallest absolute Gasteiger partial charge is 0.262 e. The Labute approximate surface area is 167 Å². The van der Waals surface area contributed by atoms with Gasteiger partial charge in [-0.3, -0.25) is 9.52 Å². The molecule has 1 saturated carbocycles. The largest absolute Gasteiger partial charge is 0.349 e. The van der Waals surface area contributed by atoms with E-state index < -0.39 is 10.0 Å². The Kier molecular flexibility index (Phi) is 5.28. The number of nitrogens with one attached hydrogen (secondary N) is 2. The molecule has 0 radical (unpaired) electrons. The normalized spacial score (nSPS) is 14.1. The predicted octanol–water partition coefficient (Wildman–Crippen LogP) is 4.23. The van der Waals surface area contributed by atoms with Gasteiger partial charge in [-0.2, -0.15) is 0 Å². The molecule has 1 fully saturated rings. The van der Waals surface area contributed by atoms with Crippen LogP contribution < -0.4 is 10.0 Å². The minimum absolute atomic E-state index is 0.169. The molecule has 150 valence electrons. The van der Waals surface area contributed by atoms with E-state index in [0.29, 0.717) is 16.1 Å². The minimum atomic E-state index is -3.79. The molecule has 28 heavy (non-hydrogen) atoms. The molecule has 2 aromatic carbocycles. The molecule has 0 aliphatic heterocycles. The number of hydrogen-bond donors (Lipinski definition) is 2. The molecule has 0 aromatic heterocycles. The van der Waals surface area contributed by atoms with Crippen molar-refractivity contribution in [2.24, 2.45) is 0 Å². The van der Waals surface area contributed by atoms with Crippen LogP contribution in [0.25, 0.3) is 0 Å². The molecule has 1 aliphatic rings. The van der Waals surface area contributed by atoms with Crippen molar-refractivity contribution in [3.05, 3.63) is 57.1 Å². The lowest BCUT2D eigenvalue weighted by Gasteiger charge is -2.20. The first-order valence-corrected chi connectivity index (χ1v) is 11.0. The number of rotatable bonds is 5. The van der Waals surface area contributed by atoms with Crippen molar-refractivity contribution in [2.75, 3.05) is 4.72 Å². The summed E-state index contributed by atoms with van der Waals surface area (Å²) in [6, 6.07) is 5.35. The van der Waals surface area contributed by atoms with Gasteiger partial charge in [-0.05, 0) is 99.9 Å². The highest BCUT2D eigenvalue weighted by molar-refractivity contribution is 7.92. The summed E-state index contributed by atoms with van der Waals surface area (Å²) in [5.74, 6) is -0.169. The Bertz CT molecular complexity index is 1040. The topological polar surface area (TPSA) is 75.3 Å². The monoisotopic (exact) mass is 400 g/mol. The summed E-state index contributed by atoms with van der Waals surface area (Å²) < 4.78 is 29.3. The minimum Gasteiger partial charge on any atom is -0.349 e. The zero-order valence-corrected chi connectivity index (χ0v) is 18.2. The van der Waals surface area contributed by atoms with E-state index >= 15 is 0 Å². The van der Waals surface area contributed by atoms with Crippen LogP contribution in [0.5, 0.6) is 0 Å². The van der Waals surface area contributed by atoms with Crippen molar-refractivity contribution in [3.8, 4) is 0 Å².